The molecule has 0 aliphatic heterocycles. The van der Waals surface area contributed by atoms with Crippen molar-refractivity contribution in [3.8, 4) is 0 Å². The van der Waals surface area contributed by atoms with Gasteiger partial charge in [-0.1, -0.05) is 6.92 Å². The summed E-state index contributed by atoms with van der Waals surface area (Å²) in [5.41, 5.74) is 0. The molecule has 16 heavy (non-hydrogen) atoms. The molecule has 0 heterocycles. The summed E-state index contributed by atoms with van der Waals surface area (Å²) in [5.74, 6) is 0. The van der Waals surface area contributed by atoms with Gasteiger partial charge in [0.05, 0.1) is 18.1 Å². The van der Waals surface area contributed by atoms with Gasteiger partial charge in [0.2, 0.25) is 0 Å². The molecule has 2 N–H and O–H groups in total. The summed E-state index contributed by atoms with van der Waals surface area (Å²) in [7, 11) is 0. The lowest BCUT2D eigenvalue weighted by molar-refractivity contribution is -0.503. The molecule has 0 aromatic carbocycles. The molecule has 0 aliphatic rings. The summed E-state index contributed by atoms with van der Waals surface area (Å²) < 4.78 is 9.60. The molecular formula is C9H19NO6. The zero-order chi connectivity index (χ0) is 12.6. The highest BCUT2D eigenvalue weighted by Crippen LogP contribution is 2.02. The summed E-state index contributed by atoms with van der Waals surface area (Å²) in [4.78, 5) is 15.5. The minimum absolute atomic E-state index is 0.0876. The molecule has 0 aromatic rings. The van der Waals surface area contributed by atoms with Crippen LogP contribution in [0.5, 0.6) is 0 Å². The number of carbonyl (C=O) groups is 1. The van der Waals surface area contributed by atoms with E-state index in [9.17, 15) is 4.79 Å². The largest absolute Gasteiger partial charge is 0.508 e. The molecule has 0 radical (unpaired) electrons. The molecule has 0 saturated carbocycles. The maximum Gasteiger partial charge on any atom is 0.508 e. The Labute approximate surface area is 94.4 Å². The minimum atomic E-state index is -0.730. The second kappa shape index (κ2) is 8.28. The van der Waals surface area contributed by atoms with Crippen molar-refractivity contribution in [2.24, 2.45) is 0 Å². The smallest absolute Gasteiger partial charge is 0.434 e. The standard InChI is InChI=1S/C9H19NO6/c1-4-7(2)15-9(11)14-6-5-8(3)16-10(12)13/h7-8,12-13H,4-6H2,1-3H3/t7?,8-/m1/s1. The van der Waals surface area contributed by atoms with Crippen molar-refractivity contribution in [3.63, 3.8) is 0 Å². The van der Waals surface area contributed by atoms with Gasteiger partial charge in [-0.25, -0.2) is 9.63 Å². The van der Waals surface area contributed by atoms with Crippen molar-refractivity contribution < 1.29 is 29.5 Å². The minimum Gasteiger partial charge on any atom is -0.434 e. The molecule has 0 fully saturated rings. The molecule has 0 aliphatic carbocycles. The van der Waals surface area contributed by atoms with E-state index in [0.29, 0.717) is 6.42 Å². The maximum atomic E-state index is 11.0. The normalized spacial score (nSPS) is 14.6. The first-order chi connectivity index (χ1) is 7.45. The molecule has 0 saturated heterocycles. The van der Waals surface area contributed by atoms with Crippen LogP contribution in [0.1, 0.15) is 33.6 Å². The molecular weight excluding hydrogens is 218 g/mol. The van der Waals surface area contributed by atoms with Crippen molar-refractivity contribution in [1.82, 2.24) is 5.39 Å². The average molecular weight is 237 g/mol. The van der Waals surface area contributed by atoms with Crippen LogP contribution in [0.4, 0.5) is 4.79 Å². The van der Waals surface area contributed by atoms with E-state index in [1.807, 2.05) is 6.92 Å². The van der Waals surface area contributed by atoms with Crippen LogP contribution in [0.15, 0.2) is 0 Å². The van der Waals surface area contributed by atoms with Crippen molar-refractivity contribution in [1.29, 1.82) is 0 Å². The Hall–Kier alpha value is -0.890. The lowest BCUT2D eigenvalue weighted by Crippen LogP contribution is -2.24. The quantitative estimate of drug-likeness (QED) is 0.514. The van der Waals surface area contributed by atoms with Gasteiger partial charge in [-0.15, -0.1) is 0 Å². The number of nitrogens with zero attached hydrogens (tertiary/aromatic N) is 1. The summed E-state index contributed by atoms with van der Waals surface area (Å²) in [5, 5.41) is 16.3. The van der Waals surface area contributed by atoms with Gasteiger partial charge in [0.15, 0.2) is 0 Å². The van der Waals surface area contributed by atoms with Crippen LogP contribution in [0.2, 0.25) is 0 Å². The third kappa shape index (κ3) is 8.42. The van der Waals surface area contributed by atoms with E-state index in [4.69, 9.17) is 19.9 Å². The average Bonchev–Trinajstić information content (AvgIpc) is 2.16. The first-order valence-electron chi connectivity index (χ1n) is 5.13. The second-order valence-electron chi connectivity index (χ2n) is 3.39. The molecule has 0 spiro atoms. The zero-order valence-electron chi connectivity index (χ0n) is 9.75. The van der Waals surface area contributed by atoms with Crippen molar-refractivity contribution >= 4 is 6.16 Å². The monoisotopic (exact) mass is 237 g/mol. The van der Waals surface area contributed by atoms with E-state index in [0.717, 1.165) is 6.42 Å². The Morgan fingerprint density at radius 3 is 2.44 bits per heavy atom. The summed E-state index contributed by atoms with van der Waals surface area (Å²) in [6.45, 7) is 5.35. The van der Waals surface area contributed by atoms with Crippen molar-refractivity contribution in [2.75, 3.05) is 6.61 Å². The number of carbonyl (C=O) groups excluding carboxylic acids is 1. The molecule has 7 heteroatoms. The highest BCUT2D eigenvalue weighted by Gasteiger charge is 2.11. The maximum absolute atomic E-state index is 11.0. The highest BCUT2D eigenvalue weighted by atomic mass is 17.1. The van der Waals surface area contributed by atoms with Gasteiger partial charge in [-0.05, 0) is 20.3 Å². The number of hydrogen-bond acceptors (Lipinski definition) is 7. The zero-order valence-corrected chi connectivity index (χ0v) is 9.75. The van der Waals surface area contributed by atoms with Crippen LogP contribution in [0.3, 0.4) is 0 Å². The fourth-order valence-corrected chi connectivity index (χ4v) is 0.803. The van der Waals surface area contributed by atoms with Crippen LogP contribution in [0.25, 0.3) is 0 Å². The lowest BCUT2D eigenvalue weighted by Gasteiger charge is -2.14. The summed E-state index contributed by atoms with van der Waals surface area (Å²) in [6, 6.07) is 0. The lowest BCUT2D eigenvalue weighted by atomic mass is 10.3. The molecule has 96 valence electrons. The second-order valence-corrected chi connectivity index (χ2v) is 3.39. The van der Waals surface area contributed by atoms with Gasteiger partial charge in [-0.3, -0.25) is 10.4 Å². The van der Waals surface area contributed by atoms with Gasteiger partial charge in [0.1, 0.15) is 6.10 Å². The molecule has 7 nitrogen and oxygen atoms in total. The molecule has 0 rings (SSSR count). The predicted molar refractivity (Wildman–Crippen MR) is 52.8 cm³/mol. The molecule has 0 amide bonds. The fourth-order valence-electron chi connectivity index (χ4n) is 0.803. The Kier molecular flexibility index (Phi) is 7.82. The van der Waals surface area contributed by atoms with E-state index in [1.165, 1.54) is 0 Å². The Bertz CT molecular complexity index is 198. The van der Waals surface area contributed by atoms with E-state index in [1.54, 1.807) is 13.8 Å². The third-order valence-electron chi connectivity index (χ3n) is 1.89. The van der Waals surface area contributed by atoms with E-state index in [-0.39, 0.29) is 18.1 Å². The van der Waals surface area contributed by atoms with Gasteiger partial charge in [-0.2, -0.15) is 0 Å². The van der Waals surface area contributed by atoms with Gasteiger partial charge < -0.3 is 9.47 Å². The van der Waals surface area contributed by atoms with Crippen molar-refractivity contribution in [3.05, 3.63) is 0 Å². The van der Waals surface area contributed by atoms with Crippen LogP contribution >= 0.6 is 0 Å². The van der Waals surface area contributed by atoms with Crippen LogP contribution in [-0.4, -0.2) is 40.8 Å². The molecule has 1 unspecified atom stereocenters. The predicted octanol–water partition coefficient (Wildman–Crippen LogP) is 1.73. The molecule has 2 atom stereocenters. The van der Waals surface area contributed by atoms with Gasteiger partial charge >= 0.3 is 6.16 Å². The van der Waals surface area contributed by atoms with E-state index >= 15 is 0 Å². The summed E-state index contributed by atoms with van der Waals surface area (Å²) >= 11 is 0. The number of rotatable bonds is 7. The van der Waals surface area contributed by atoms with Crippen LogP contribution in [0, 0.1) is 0 Å². The first kappa shape index (κ1) is 15.1. The van der Waals surface area contributed by atoms with E-state index in [2.05, 4.69) is 4.84 Å². The van der Waals surface area contributed by atoms with E-state index < -0.39 is 12.3 Å². The van der Waals surface area contributed by atoms with Gasteiger partial charge in [0, 0.05) is 6.42 Å². The van der Waals surface area contributed by atoms with Crippen LogP contribution in [-0.2, 0) is 14.3 Å². The first-order valence-corrected chi connectivity index (χ1v) is 5.13. The topological polar surface area (TPSA) is 88.5 Å². The molecule has 0 bridgehead atoms. The van der Waals surface area contributed by atoms with Gasteiger partial charge in [0.25, 0.3) is 0 Å². The third-order valence-corrected chi connectivity index (χ3v) is 1.89. The van der Waals surface area contributed by atoms with Crippen LogP contribution < -0.4 is 0 Å². The van der Waals surface area contributed by atoms with Crippen molar-refractivity contribution in [2.45, 2.75) is 45.8 Å². The fraction of sp³-hybridized carbons (Fsp3) is 0.889. The SMILES string of the molecule is CCC(C)OC(=O)OCC[C@@H](C)ON(O)O. The molecule has 0 aromatic heterocycles. The summed E-state index contributed by atoms with van der Waals surface area (Å²) in [6.07, 6.45) is -0.337. The number of ether oxygens (including phenoxy) is 2. The Morgan fingerprint density at radius 2 is 1.94 bits per heavy atom. The highest BCUT2D eigenvalue weighted by molar-refractivity contribution is 5.59. The Morgan fingerprint density at radius 1 is 1.31 bits per heavy atom. The Balaban J connectivity index is 3.54. The number of hydrogen-bond donors (Lipinski definition) is 2.